The Hall–Kier alpha value is -1.14. The van der Waals surface area contributed by atoms with Crippen molar-refractivity contribution in [3.8, 4) is 0 Å². The van der Waals surface area contributed by atoms with Gasteiger partial charge in [0.1, 0.15) is 0 Å². The number of amides is 1. The molecule has 0 heterocycles. The van der Waals surface area contributed by atoms with Crippen molar-refractivity contribution in [1.82, 2.24) is 5.32 Å². The van der Waals surface area contributed by atoms with Crippen LogP contribution >= 0.6 is 0 Å². The molecular formula is C80H159NO5. The minimum absolute atomic E-state index is 0.0248. The molecule has 0 rings (SSSR count). The molecule has 0 aromatic heterocycles. The average Bonchev–Trinajstić information content (AvgIpc) is 3.54. The Morgan fingerprint density at radius 1 is 0.279 bits per heavy atom. The largest absolute Gasteiger partial charge is 0.466 e. The maximum Gasteiger partial charge on any atom is 0.305 e. The zero-order valence-electron chi connectivity index (χ0n) is 59.1. The van der Waals surface area contributed by atoms with Crippen LogP contribution in [0.4, 0.5) is 0 Å². The molecule has 0 aliphatic carbocycles. The molecule has 0 aromatic carbocycles. The summed E-state index contributed by atoms with van der Waals surface area (Å²) in [4.78, 5) is 24.7. The van der Waals surface area contributed by atoms with E-state index in [1.807, 2.05) is 0 Å². The fraction of sp³-hybridized carbons (Fsp3) is 0.975. The maximum atomic E-state index is 12.5. The van der Waals surface area contributed by atoms with Crippen LogP contribution in [0, 0.1) is 0 Å². The van der Waals surface area contributed by atoms with Crippen molar-refractivity contribution in [1.29, 1.82) is 0 Å². The Labute approximate surface area is 540 Å². The van der Waals surface area contributed by atoms with Crippen LogP contribution in [-0.4, -0.2) is 47.4 Å². The molecule has 86 heavy (non-hydrogen) atoms. The van der Waals surface area contributed by atoms with E-state index >= 15 is 0 Å². The highest BCUT2D eigenvalue weighted by molar-refractivity contribution is 5.76. The van der Waals surface area contributed by atoms with Crippen LogP contribution in [0.1, 0.15) is 476 Å². The van der Waals surface area contributed by atoms with Gasteiger partial charge in [-0.15, -0.1) is 0 Å². The molecule has 1 amide bonds. The monoisotopic (exact) mass is 1210 g/mol. The van der Waals surface area contributed by atoms with E-state index in [2.05, 4.69) is 19.2 Å². The Balaban J connectivity index is 3.29. The molecule has 0 aliphatic rings. The van der Waals surface area contributed by atoms with E-state index in [0.717, 1.165) is 38.5 Å². The number of nitrogens with one attached hydrogen (secondary N) is 1. The average molecular weight is 1220 g/mol. The van der Waals surface area contributed by atoms with E-state index in [0.29, 0.717) is 25.9 Å². The quantitative estimate of drug-likeness (QED) is 0.0417. The number of carbonyl (C=O) groups is 2. The second-order valence-electron chi connectivity index (χ2n) is 28.1. The maximum absolute atomic E-state index is 12.5. The molecule has 0 saturated carbocycles. The predicted octanol–water partition coefficient (Wildman–Crippen LogP) is 26.5. The summed E-state index contributed by atoms with van der Waals surface area (Å²) in [6.45, 7) is 5.02. The third kappa shape index (κ3) is 71.9. The Morgan fingerprint density at radius 3 is 0.709 bits per heavy atom. The highest BCUT2D eigenvalue weighted by Gasteiger charge is 2.20. The van der Waals surface area contributed by atoms with Crippen molar-refractivity contribution < 1.29 is 24.5 Å². The van der Waals surface area contributed by atoms with Gasteiger partial charge in [0.15, 0.2) is 0 Å². The summed E-state index contributed by atoms with van der Waals surface area (Å²) in [7, 11) is 0. The fourth-order valence-corrected chi connectivity index (χ4v) is 13.3. The lowest BCUT2D eigenvalue weighted by molar-refractivity contribution is -0.143. The molecule has 0 fully saturated rings. The first-order valence-electron chi connectivity index (χ1n) is 40.3. The molecule has 2 atom stereocenters. The molecule has 0 spiro atoms. The van der Waals surface area contributed by atoms with Gasteiger partial charge in [-0.3, -0.25) is 9.59 Å². The molecule has 0 saturated heterocycles. The topological polar surface area (TPSA) is 95.9 Å². The highest BCUT2D eigenvalue weighted by atomic mass is 16.5. The Morgan fingerprint density at radius 2 is 0.477 bits per heavy atom. The van der Waals surface area contributed by atoms with Gasteiger partial charge >= 0.3 is 5.97 Å². The molecule has 6 heteroatoms. The van der Waals surface area contributed by atoms with Crippen molar-refractivity contribution >= 4 is 11.9 Å². The van der Waals surface area contributed by atoms with Crippen molar-refractivity contribution in [2.45, 2.75) is 488 Å². The summed E-state index contributed by atoms with van der Waals surface area (Å²) in [6, 6.07) is -0.537. The number of aliphatic hydroxyl groups excluding tert-OH is 2. The first-order valence-corrected chi connectivity index (χ1v) is 40.3. The van der Waals surface area contributed by atoms with E-state index in [9.17, 15) is 19.8 Å². The summed E-state index contributed by atoms with van der Waals surface area (Å²) in [6.07, 6.45) is 94.9. The number of rotatable bonds is 77. The Bertz CT molecular complexity index is 1260. The smallest absolute Gasteiger partial charge is 0.305 e. The second kappa shape index (κ2) is 76.3. The third-order valence-corrected chi connectivity index (χ3v) is 19.4. The van der Waals surface area contributed by atoms with Gasteiger partial charge in [0.05, 0.1) is 25.4 Å². The number of aliphatic hydroxyl groups is 2. The highest BCUT2D eigenvalue weighted by Crippen LogP contribution is 2.21. The molecule has 6 nitrogen and oxygen atoms in total. The first kappa shape index (κ1) is 84.9. The van der Waals surface area contributed by atoms with Crippen molar-refractivity contribution in [3.05, 3.63) is 0 Å². The minimum Gasteiger partial charge on any atom is -0.466 e. The normalized spacial score (nSPS) is 12.4. The van der Waals surface area contributed by atoms with Crippen molar-refractivity contribution in [2.75, 3.05) is 13.2 Å². The minimum atomic E-state index is -0.660. The van der Waals surface area contributed by atoms with Gasteiger partial charge in [-0.05, 0) is 25.7 Å². The number of esters is 1. The molecule has 2 unspecified atom stereocenters. The summed E-state index contributed by atoms with van der Waals surface area (Å²) < 4.78 is 5.52. The number of ether oxygens (including phenoxy) is 1. The van der Waals surface area contributed by atoms with Crippen molar-refractivity contribution in [3.63, 3.8) is 0 Å². The van der Waals surface area contributed by atoms with Crippen LogP contribution in [0.2, 0.25) is 0 Å². The summed E-state index contributed by atoms with van der Waals surface area (Å²) >= 11 is 0. The van der Waals surface area contributed by atoms with E-state index < -0.39 is 12.1 Å². The standard InChI is InChI=1S/C80H159NO5/c1-3-5-7-9-11-13-15-17-19-21-40-44-48-52-56-60-64-68-72-78(83)77(76-82)81-79(84)73-69-65-61-57-53-49-45-41-38-36-34-32-30-28-26-24-23-25-27-29-31-33-35-37-39-43-47-51-55-59-63-67-71-75-86-80(85)74-70-66-62-58-54-50-46-42-22-20-18-16-14-12-10-8-6-4-2/h77-78,82-83H,3-76H2,1-2H3,(H,81,84). The van der Waals surface area contributed by atoms with Gasteiger partial charge in [-0.2, -0.15) is 0 Å². The zero-order valence-corrected chi connectivity index (χ0v) is 59.1. The molecule has 0 radical (unpaired) electrons. The van der Waals surface area contributed by atoms with Gasteiger partial charge in [0.2, 0.25) is 5.91 Å². The number of hydrogen-bond donors (Lipinski definition) is 3. The van der Waals surface area contributed by atoms with Crippen LogP contribution in [-0.2, 0) is 14.3 Å². The summed E-state index contributed by atoms with van der Waals surface area (Å²) in [5.74, 6) is 0.00294. The third-order valence-electron chi connectivity index (χ3n) is 19.4. The predicted molar refractivity (Wildman–Crippen MR) is 380 cm³/mol. The molecule has 514 valence electrons. The van der Waals surface area contributed by atoms with E-state index in [1.54, 1.807) is 0 Å². The van der Waals surface area contributed by atoms with Gasteiger partial charge in [0.25, 0.3) is 0 Å². The lowest BCUT2D eigenvalue weighted by atomic mass is 10.0. The van der Waals surface area contributed by atoms with Gasteiger partial charge in [-0.1, -0.05) is 438 Å². The number of hydrogen-bond acceptors (Lipinski definition) is 5. The summed E-state index contributed by atoms with van der Waals surface area (Å²) in [5, 5.41) is 23.4. The van der Waals surface area contributed by atoms with Crippen LogP contribution in [0.5, 0.6) is 0 Å². The lowest BCUT2D eigenvalue weighted by Gasteiger charge is -2.22. The van der Waals surface area contributed by atoms with Gasteiger partial charge < -0.3 is 20.3 Å². The summed E-state index contributed by atoms with van der Waals surface area (Å²) in [5.41, 5.74) is 0. The Kier molecular flexibility index (Phi) is 75.3. The van der Waals surface area contributed by atoms with E-state index in [1.165, 1.54) is 405 Å². The molecule has 0 aromatic rings. The first-order chi connectivity index (χ1) is 42.5. The molecular weight excluding hydrogens is 1050 g/mol. The molecule has 0 aliphatic heterocycles. The van der Waals surface area contributed by atoms with Crippen LogP contribution in [0.15, 0.2) is 0 Å². The SMILES string of the molecule is CCCCCCCCCCCCCCCCCCCCC(=O)OCCCCCCCCCCCCCCCCCCCCCCCCCCCCCCCCCCCC(=O)NC(CO)C(O)CCCCCCCCCCCCCCCCCCCC. The van der Waals surface area contributed by atoms with Crippen LogP contribution in [0.3, 0.4) is 0 Å². The zero-order chi connectivity index (χ0) is 62.0. The van der Waals surface area contributed by atoms with Gasteiger partial charge in [0, 0.05) is 12.8 Å². The second-order valence-corrected chi connectivity index (χ2v) is 28.1. The fourth-order valence-electron chi connectivity index (χ4n) is 13.3. The number of unbranched alkanes of at least 4 members (excludes halogenated alkanes) is 66. The van der Waals surface area contributed by atoms with Crippen molar-refractivity contribution in [2.24, 2.45) is 0 Å². The van der Waals surface area contributed by atoms with E-state index in [-0.39, 0.29) is 18.5 Å². The number of carbonyl (C=O) groups excluding carboxylic acids is 2. The molecule has 0 bridgehead atoms. The lowest BCUT2D eigenvalue weighted by Crippen LogP contribution is -2.45. The van der Waals surface area contributed by atoms with Crippen LogP contribution < -0.4 is 5.32 Å². The van der Waals surface area contributed by atoms with E-state index in [4.69, 9.17) is 4.74 Å². The molecule has 3 N–H and O–H groups in total. The van der Waals surface area contributed by atoms with Crippen LogP contribution in [0.25, 0.3) is 0 Å². The van der Waals surface area contributed by atoms with Gasteiger partial charge in [-0.25, -0.2) is 0 Å².